The zero-order chi connectivity index (χ0) is 19.3. The van der Waals surface area contributed by atoms with Gasteiger partial charge in [0.05, 0.1) is 11.6 Å². The van der Waals surface area contributed by atoms with Gasteiger partial charge in [0.15, 0.2) is 0 Å². The minimum atomic E-state index is -0.170. The Morgan fingerprint density at radius 3 is 2.93 bits per heavy atom. The number of para-hydroxylation sites is 1. The van der Waals surface area contributed by atoms with E-state index in [0.717, 1.165) is 36.4 Å². The number of aromatic nitrogens is 1. The summed E-state index contributed by atoms with van der Waals surface area (Å²) >= 11 is 0. The van der Waals surface area contributed by atoms with Crippen molar-refractivity contribution < 1.29 is 9.21 Å². The van der Waals surface area contributed by atoms with E-state index in [-0.39, 0.29) is 29.9 Å². The number of amides is 1. The minimum Gasteiger partial charge on any atom is -0.461 e. The Bertz CT molecular complexity index is 1120. The van der Waals surface area contributed by atoms with Crippen LogP contribution < -0.4 is 16.2 Å². The summed E-state index contributed by atoms with van der Waals surface area (Å²) in [4.78, 5) is 25.5. The summed E-state index contributed by atoms with van der Waals surface area (Å²) in [5, 5.41) is 7.46. The highest BCUT2D eigenvalue weighted by Gasteiger charge is 2.37. The number of pyridine rings is 1. The van der Waals surface area contributed by atoms with Crippen molar-refractivity contribution in [3.63, 3.8) is 0 Å². The van der Waals surface area contributed by atoms with Crippen molar-refractivity contribution in [2.24, 2.45) is 5.92 Å². The highest BCUT2D eigenvalue weighted by molar-refractivity contribution is 6.05. The Labute approximate surface area is 174 Å². The number of nitrogens with zero attached hydrogens (tertiary/aromatic N) is 1. The van der Waals surface area contributed by atoms with Gasteiger partial charge in [0.2, 0.25) is 0 Å². The van der Waals surface area contributed by atoms with Crippen molar-refractivity contribution in [1.29, 1.82) is 0 Å². The number of benzene rings is 1. The lowest BCUT2D eigenvalue weighted by Crippen LogP contribution is -2.50. The molecule has 1 aromatic carbocycles. The lowest BCUT2D eigenvalue weighted by Gasteiger charge is -2.43. The minimum absolute atomic E-state index is 0. The van der Waals surface area contributed by atoms with Crippen LogP contribution in [0, 0.1) is 12.8 Å². The van der Waals surface area contributed by atoms with Gasteiger partial charge in [-0.25, -0.2) is 0 Å². The van der Waals surface area contributed by atoms with Gasteiger partial charge in [0.25, 0.3) is 11.5 Å². The average molecular weight is 414 g/mol. The lowest BCUT2D eigenvalue weighted by molar-refractivity contribution is 0.0933. The molecule has 2 aliphatic rings. The Balaban J connectivity index is 0.00000205. The molecule has 7 heteroatoms. The number of rotatable bonds is 3. The van der Waals surface area contributed by atoms with Crippen LogP contribution in [0.1, 0.15) is 40.2 Å². The van der Waals surface area contributed by atoms with Gasteiger partial charge in [0, 0.05) is 42.7 Å². The molecule has 2 aromatic heterocycles. The van der Waals surface area contributed by atoms with E-state index in [1.54, 1.807) is 12.1 Å². The first kappa shape index (κ1) is 19.7. The Hall–Kier alpha value is -2.57. The molecule has 29 heavy (non-hydrogen) atoms. The van der Waals surface area contributed by atoms with E-state index in [2.05, 4.69) is 10.6 Å². The second-order valence-corrected chi connectivity index (χ2v) is 7.87. The zero-order valence-corrected chi connectivity index (χ0v) is 17.0. The van der Waals surface area contributed by atoms with Crippen LogP contribution in [0.2, 0.25) is 0 Å². The van der Waals surface area contributed by atoms with Gasteiger partial charge >= 0.3 is 0 Å². The zero-order valence-electron chi connectivity index (χ0n) is 16.2. The maximum absolute atomic E-state index is 12.9. The number of carbonyl (C=O) groups excluding carboxylic acids is 1. The number of hydrogen-bond donors (Lipinski definition) is 2. The number of halogens is 1. The highest BCUT2D eigenvalue weighted by Crippen LogP contribution is 2.38. The molecule has 2 N–H and O–H groups in total. The standard InChI is InChI=1S/C22H23N3O3.ClH/c1-13-8-14-4-2-5-17(21(14)28-13)22(27)24-12-19-16-9-15(10-23-11-16)18-6-3-7-20(26)25(18)19;/h2-8,15-16,19,23H,9-12H2,1H3,(H,24,27);1H/t15-,16+,19+;/m1./s1. The maximum Gasteiger partial charge on any atom is 0.255 e. The van der Waals surface area contributed by atoms with Crippen LogP contribution in [0.25, 0.3) is 11.0 Å². The molecule has 0 unspecified atom stereocenters. The SMILES string of the molecule is Cc1cc2cccc(C(=O)NC[C@H]3[C@@H]4CNC[C@@H](C4)c4cccc(=O)n43)c2o1.Cl. The quantitative estimate of drug-likeness (QED) is 0.692. The molecule has 3 atom stereocenters. The van der Waals surface area contributed by atoms with Gasteiger partial charge in [-0.2, -0.15) is 0 Å². The fourth-order valence-corrected chi connectivity index (χ4v) is 4.83. The van der Waals surface area contributed by atoms with Crippen LogP contribution in [0.15, 0.2) is 51.7 Å². The third kappa shape index (κ3) is 3.36. The summed E-state index contributed by atoms with van der Waals surface area (Å²) in [6, 6.07) is 12.9. The van der Waals surface area contributed by atoms with E-state index in [0.29, 0.717) is 29.5 Å². The summed E-state index contributed by atoms with van der Waals surface area (Å²) in [6.07, 6.45) is 1.05. The number of carbonyl (C=O) groups is 1. The van der Waals surface area contributed by atoms with Gasteiger partial charge in [-0.1, -0.05) is 18.2 Å². The Morgan fingerprint density at radius 2 is 2.07 bits per heavy atom. The fraction of sp³-hybridized carbons (Fsp3) is 0.364. The van der Waals surface area contributed by atoms with E-state index >= 15 is 0 Å². The lowest BCUT2D eigenvalue weighted by atomic mass is 9.79. The molecule has 3 aromatic rings. The Morgan fingerprint density at radius 1 is 1.24 bits per heavy atom. The number of nitrogens with one attached hydrogen (secondary N) is 2. The highest BCUT2D eigenvalue weighted by atomic mass is 35.5. The summed E-state index contributed by atoms with van der Waals surface area (Å²) in [6.45, 7) is 4.06. The molecule has 6 nitrogen and oxygen atoms in total. The third-order valence-corrected chi connectivity index (χ3v) is 6.08. The van der Waals surface area contributed by atoms with Crippen LogP contribution >= 0.6 is 12.4 Å². The maximum atomic E-state index is 12.9. The van der Waals surface area contributed by atoms with Gasteiger partial charge in [-0.15, -0.1) is 12.4 Å². The van der Waals surface area contributed by atoms with Crippen LogP contribution in [0.5, 0.6) is 0 Å². The molecule has 4 heterocycles. The van der Waals surface area contributed by atoms with Crippen molar-refractivity contribution in [3.8, 4) is 0 Å². The predicted octanol–water partition coefficient (Wildman–Crippen LogP) is 3.00. The number of piperidine rings is 1. The van der Waals surface area contributed by atoms with Crippen LogP contribution in [-0.2, 0) is 0 Å². The molecule has 152 valence electrons. The molecule has 0 radical (unpaired) electrons. The molecule has 0 aliphatic carbocycles. The monoisotopic (exact) mass is 413 g/mol. The molecular weight excluding hydrogens is 390 g/mol. The molecule has 1 fully saturated rings. The second kappa shape index (κ2) is 7.69. The summed E-state index contributed by atoms with van der Waals surface area (Å²) in [5.41, 5.74) is 2.22. The number of fused-ring (bicyclic) bond motifs is 5. The van der Waals surface area contributed by atoms with E-state index in [1.807, 2.05) is 41.8 Å². The van der Waals surface area contributed by atoms with E-state index < -0.39 is 0 Å². The predicted molar refractivity (Wildman–Crippen MR) is 114 cm³/mol. The fourth-order valence-electron chi connectivity index (χ4n) is 4.83. The van der Waals surface area contributed by atoms with Crippen LogP contribution in [0.4, 0.5) is 0 Å². The largest absolute Gasteiger partial charge is 0.461 e. The van der Waals surface area contributed by atoms with E-state index in [9.17, 15) is 9.59 Å². The number of aryl methyl sites for hydroxylation is 1. The van der Waals surface area contributed by atoms with E-state index in [1.165, 1.54) is 0 Å². The molecule has 0 saturated carbocycles. The molecule has 5 rings (SSSR count). The molecule has 2 bridgehead atoms. The topological polar surface area (TPSA) is 76.3 Å². The number of hydrogen-bond acceptors (Lipinski definition) is 4. The first-order chi connectivity index (χ1) is 13.6. The van der Waals surface area contributed by atoms with Gasteiger partial charge < -0.3 is 19.6 Å². The second-order valence-electron chi connectivity index (χ2n) is 7.87. The van der Waals surface area contributed by atoms with Gasteiger partial charge in [-0.3, -0.25) is 9.59 Å². The third-order valence-electron chi connectivity index (χ3n) is 6.08. The van der Waals surface area contributed by atoms with E-state index in [4.69, 9.17) is 4.42 Å². The average Bonchev–Trinajstić information content (AvgIpc) is 3.08. The normalized spacial score (nSPS) is 22.6. The Kier molecular flexibility index (Phi) is 5.23. The smallest absolute Gasteiger partial charge is 0.255 e. The van der Waals surface area contributed by atoms with Crippen molar-refractivity contribution >= 4 is 29.3 Å². The van der Waals surface area contributed by atoms with Crippen molar-refractivity contribution in [1.82, 2.24) is 15.2 Å². The van der Waals surface area contributed by atoms with Crippen molar-refractivity contribution in [2.75, 3.05) is 19.6 Å². The van der Waals surface area contributed by atoms with Gasteiger partial charge in [0.1, 0.15) is 11.3 Å². The first-order valence-electron chi connectivity index (χ1n) is 9.81. The van der Waals surface area contributed by atoms with Crippen LogP contribution in [0.3, 0.4) is 0 Å². The summed E-state index contributed by atoms with van der Waals surface area (Å²) < 4.78 is 7.63. The molecule has 1 saturated heterocycles. The molecule has 2 aliphatic heterocycles. The molecular formula is C22H24ClN3O3. The molecule has 0 spiro atoms. The van der Waals surface area contributed by atoms with Gasteiger partial charge in [-0.05, 0) is 37.5 Å². The summed E-state index contributed by atoms with van der Waals surface area (Å²) in [7, 11) is 0. The van der Waals surface area contributed by atoms with Crippen molar-refractivity contribution in [3.05, 3.63) is 69.8 Å². The molecule has 1 amide bonds. The first-order valence-corrected chi connectivity index (χ1v) is 9.81. The summed E-state index contributed by atoms with van der Waals surface area (Å²) in [5.74, 6) is 1.30. The number of furan rings is 1. The van der Waals surface area contributed by atoms with Crippen LogP contribution in [-0.4, -0.2) is 30.1 Å². The van der Waals surface area contributed by atoms with Crippen molar-refractivity contribution in [2.45, 2.75) is 25.3 Å².